The zero-order chi connectivity index (χ0) is 14.8. The minimum absolute atomic E-state index is 0.0173. The monoisotopic (exact) mass is 296 g/mol. The molecular formula is C13H16N2O4S. The molecule has 1 unspecified atom stereocenters. The van der Waals surface area contributed by atoms with E-state index < -0.39 is 16.4 Å². The van der Waals surface area contributed by atoms with Crippen molar-refractivity contribution in [2.45, 2.75) is 23.3 Å². The Bertz CT molecular complexity index is 533. The lowest BCUT2D eigenvalue weighted by atomic mass is 9.96. The maximum atomic E-state index is 11.6. The van der Waals surface area contributed by atoms with Gasteiger partial charge in [-0.15, -0.1) is 11.8 Å². The molecule has 0 aliphatic heterocycles. The standard InChI is InChI=1S/C13H16N2O4S/c1-14-13(12(16)17,9-6-7-9)8-20-11-5-3-2-4-10(11)15(18)19/h2-5,9,14H,6-8H2,1H3,(H,16,17). The van der Waals surface area contributed by atoms with Crippen molar-refractivity contribution in [1.82, 2.24) is 5.32 Å². The first-order valence-corrected chi connectivity index (χ1v) is 7.28. The van der Waals surface area contributed by atoms with Gasteiger partial charge in [0.25, 0.3) is 5.69 Å². The number of aliphatic carboxylic acids is 1. The van der Waals surface area contributed by atoms with Crippen LogP contribution in [0.5, 0.6) is 0 Å². The molecular weight excluding hydrogens is 280 g/mol. The van der Waals surface area contributed by atoms with Crippen LogP contribution in [-0.4, -0.2) is 34.3 Å². The second-order valence-electron chi connectivity index (χ2n) is 4.81. The van der Waals surface area contributed by atoms with E-state index in [1.807, 2.05) is 0 Å². The van der Waals surface area contributed by atoms with Crippen LogP contribution in [0.25, 0.3) is 0 Å². The van der Waals surface area contributed by atoms with Gasteiger partial charge in [-0.05, 0) is 31.9 Å². The summed E-state index contributed by atoms with van der Waals surface area (Å²) < 4.78 is 0. The van der Waals surface area contributed by atoms with Crippen molar-refractivity contribution in [3.05, 3.63) is 34.4 Å². The smallest absolute Gasteiger partial charge is 0.325 e. The van der Waals surface area contributed by atoms with Crippen molar-refractivity contribution >= 4 is 23.4 Å². The number of carboxylic acid groups (broad SMARTS) is 1. The number of carboxylic acids is 1. The van der Waals surface area contributed by atoms with E-state index in [-0.39, 0.29) is 17.4 Å². The van der Waals surface area contributed by atoms with Crippen molar-refractivity contribution in [2.24, 2.45) is 5.92 Å². The highest BCUT2D eigenvalue weighted by atomic mass is 32.2. The molecule has 0 amide bonds. The summed E-state index contributed by atoms with van der Waals surface area (Å²) in [5.41, 5.74) is -0.988. The SMILES string of the molecule is CNC(CSc1ccccc1[N+](=O)[O-])(C(=O)O)C1CC1. The molecule has 1 saturated carbocycles. The van der Waals surface area contributed by atoms with Gasteiger partial charge in [0.1, 0.15) is 5.54 Å². The van der Waals surface area contributed by atoms with Gasteiger partial charge in [-0.2, -0.15) is 0 Å². The molecule has 7 heteroatoms. The molecule has 108 valence electrons. The van der Waals surface area contributed by atoms with Gasteiger partial charge in [0, 0.05) is 11.8 Å². The molecule has 20 heavy (non-hydrogen) atoms. The third-order valence-corrected chi connectivity index (χ3v) is 4.88. The van der Waals surface area contributed by atoms with Gasteiger partial charge in [0.05, 0.1) is 9.82 Å². The number of rotatable bonds is 7. The van der Waals surface area contributed by atoms with Gasteiger partial charge >= 0.3 is 5.97 Å². The Kier molecular flexibility index (Phi) is 4.29. The molecule has 1 atom stereocenters. The molecule has 1 aliphatic rings. The normalized spacial score (nSPS) is 17.4. The number of hydrogen-bond acceptors (Lipinski definition) is 5. The molecule has 0 heterocycles. The van der Waals surface area contributed by atoms with Crippen LogP contribution in [-0.2, 0) is 4.79 Å². The summed E-state index contributed by atoms with van der Waals surface area (Å²) in [5, 5.41) is 23.3. The van der Waals surface area contributed by atoms with E-state index in [4.69, 9.17) is 0 Å². The van der Waals surface area contributed by atoms with Crippen LogP contribution in [0.15, 0.2) is 29.2 Å². The summed E-state index contributed by atoms with van der Waals surface area (Å²) in [6, 6.07) is 6.40. The average Bonchev–Trinajstić information content (AvgIpc) is 3.25. The fourth-order valence-electron chi connectivity index (χ4n) is 2.24. The number of hydrogen-bond donors (Lipinski definition) is 2. The van der Waals surface area contributed by atoms with E-state index in [1.165, 1.54) is 17.8 Å². The molecule has 0 bridgehead atoms. The van der Waals surface area contributed by atoms with E-state index in [0.717, 1.165) is 12.8 Å². The largest absolute Gasteiger partial charge is 0.480 e. The number of nitro groups is 1. The molecule has 1 aromatic rings. The molecule has 1 aliphatic carbocycles. The number of carbonyl (C=O) groups is 1. The van der Waals surface area contributed by atoms with Gasteiger partial charge in [0.2, 0.25) is 0 Å². The molecule has 1 aromatic carbocycles. The minimum Gasteiger partial charge on any atom is -0.480 e. The average molecular weight is 296 g/mol. The van der Waals surface area contributed by atoms with Gasteiger partial charge in [-0.1, -0.05) is 12.1 Å². The molecule has 2 N–H and O–H groups in total. The third kappa shape index (κ3) is 2.78. The summed E-state index contributed by atoms with van der Waals surface area (Å²) in [6.45, 7) is 0. The Balaban J connectivity index is 2.18. The second-order valence-corrected chi connectivity index (χ2v) is 5.83. The first-order chi connectivity index (χ1) is 9.51. The number of nitrogens with one attached hydrogen (secondary N) is 1. The predicted molar refractivity (Wildman–Crippen MR) is 76.0 cm³/mol. The van der Waals surface area contributed by atoms with Gasteiger partial charge in [-0.3, -0.25) is 14.9 Å². The highest BCUT2D eigenvalue weighted by Gasteiger charge is 2.50. The van der Waals surface area contributed by atoms with Crippen LogP contribution >= 0.6 is 11.8 Å². The number of para-hydroxylation sites is 1. The number of thioether (sulfide) groups is 1. The van der Waals surface area contributed by atoms with Crippen molar-refractivity contribution in [2.75, 3.05) is 12.8 Å². The quantitative estimate of drug-likeness (QED) is 0.455. The van der Waals surface area contributed by atoms with E-state index in [0.29, 0.717) is 4.90 Å². The summed E-state index contributed by atoms with van der Waals surface area (Å²) >= 11 is 1.22. The van der Waals surface area contributed by atoms with Crippen LogP contribution in [0.1, 0.15) is 12.8 Å². The number of likely N-dealkylation sites (N-methyl/N-ethyl adjacent to an activating group) is 1. The fraction of sp³-hybridized carbons (Fsp3) is 0.462. The molecule has 0 radical (unpaired) electrons. The van der Waals surface area contributed by atoms with Crippen LogP contribution < -0.4 is 5.32 Å². The number of benzene rings is 1. The lowest BCUT2D eigenvalue weighted by Gasteiger charge is -2.28. The van der Waals surface area contributed by atoms with E-state index in [2.05, 4.69) is 5.32 Å². The van der Waals surface area contributed by atoms with Crippen LogP contribution in [0.3, 0.4) is 0 Å². The van der Waals surface area contributed by atoms with Crippen LogP contribution in [0.2, 0.25) is 0 Å². The molecule has 0 aromatic heterocycles. The van der Waals surface area contributed by atoms with Crippen LogP contribution in [0, 0.1) is 16.0 Å². The first kappa shape index (κ1) is 14.8. The minimum atomic E-state index is -1.01. The second kappa shape index (κ2) is 5.80. The van der Waals surface area contributed by atoms with E-state index in [9.17, 15) is 20.0 Å². The van der Waals surface area contributed by atoms with E-state index >= 15 is 0 Å². The highest BCUT2D eigenvalue weighted by molar-refractivity contribution is 7.99. The number of nitro benzene ring substituents is 1. The topological polar surface area (TPSA) is 92.5 Å². The van der Waals surface area contributed by atoms with Crippen LogP contribution in [0.4, 0.5) is 5.69 Å². The Morgan fingerprint density at radius 3 is 2.70 bits per heavy atom. The zero-order valence-corrected chi connectivity index (χ0v) is 11.9. The third-order valence-electron chi connectivity index (χ3n) is 3.62. The predicted octanol–water partition coefficient (Wildman–Crippen LogP) is 2.14. The molecule has 2 rings (SSSR count). The summed E-state index contributed by atoms with van der Waals surface area (Å²) in [5.74, 6) is -0.525. The van der Waals surface area contributed by atoms with Gasteiger partial charge in [0.15, 0.2) is 0 Å². The Labute approximate surface area is 120 Å². The van der Waals surface area contributed by atoms with Gasteiger partial charge in [-0.25, -0.2) is 0 Å². The molecule has 6 nitrogen and oxygen atoms in total. The first-order valence-electron chi connectivity index (χ1n) is 6.30. The lowest BCUT2D eigenvalue weighted by molar-refractivity contribution is -0.387. The Hall–Kier alpha value is -1.60. The van der Waals surface area contributed by atoms with Gasteiger partial charge < -0.3 is 10.4 Å². The fourth-order valence-corrected chi connectivity index (χ4v) is 3.59. The maximum absolute atomic E-state index is 11.6. The van der Waals surface area contributed by atoms with Crippen molar-refractivity contribution in [3.8, 4) is 0 Å². The van der Waals surface area contributed by atoms with Crippen molar-refractivity contribution < 1.29 is 14.8 Å². The Morgan fingerprint density at radius 1 is 1.55 bits per heavy atom. The van der Waals surface area contributed by atoms with Crippen molar-refractivity contribution in [3.63, 3.8) is 0 Å². The summed E-state index contributed by atoms with van der Waals surface area (Å²) in [6.07, 6.45) is 1.76. The molecule has 0 spiro atoms. The zero-order valence-electron chi connectivity index (χ0n) is 11.0. The molecule has 1 fully saturated rings. The maximum Gasteiger partial charge on any atom is 0.325 e. The van der Waals surface area contributed by atoms with Crippen molar-refractivity contribution in [1.29, 1.82) is 0 Å². The van der Waals surface area contributed by atoms with E-state index in [1.54, 1.807) is 25.2 Å². The summed E-state index contributed by atoms with van der Waals surface area (Å²) in [4.78, 5) is 22.6. The molecule has 0 saturated heterocycles. The Morgan fingerprint density at radius 2 is 2.20 bits per heavy atom. The highest BCUT2D eigenvalue weighted by Crippen LogP contribution is 2.43. The number of nitrogens with zero attached hydrogens (tertiary/aromatic N) is 1. The lowest BCUT2D eigenvalue weighted by Crippen LogP contribution is -2.54. The summed E-state index contributed by atoms with van der Waals surface area (Å²) in [7, 11) is 1.63.